The van der Waals surface area contributed by atoms with Crippen LogP contribution in [0.4, 0.5) is 0 Å². The molecule has 2 heterocycles. The van der Waals surface area contributed by atoms with Crippen molar-refractivity contribution in [2.75, 3.05) is 0 Å². The molecule has 5 aromatic rings. The molecule has 3 heteroatoms. The quantitative estimate of drug-likeness (QED) is 0.211. The molecule has 0 atom stereocenters. The number of hydrogen-bond donors (Lipinski definition) is 0. The third kappa shape index (κ3) is 6.81. The van der Waals surface area contributed by atoms with Crippen LogP contribution in [0, 0.1) is 25.6 Å². The number of hydrogen-bond acceptors (Lipinski definition) is 2. The fraction of sp³-hybridized carbons (Fsp3) is 0. The maximum absolute atomic E-state index is 4.65. The van der Waals surface area contributed by atoms with E-state index in [9.17, 15) is 0 Å². The van der Waals surface area contributed by atoms with E-state index in [0.717, 1.165) is 33.8 Å². The van der Waals surface area contributed by atoms with E-state index in [1.807, 2.05) is 109 Å². The van der Waals surface area contributed by atoms with Crippen LogP contribution in [-0.2, 0) is 20.1 Å². The predicted octanol–water partition coefficient (Wildman–Crippen LogP) is 7.01. The zero-order chi connectivity index (χ0) is 20.4. The third-order valence-corrected chi connectivity index (χ3v) is 4.37. The summed E-state index contributed by atoms with van der Waals surface area (Å²) in [6.07, 6.45) is 1.79. The van der Waals surface area contributed by atoms with Gasteiger partial charge in [0.05, 0.1) is 0 Å². The second kappa shape index (κ2) is 13.1. The Morgan fingerprint density at radius 1 is 0.469 bits per heavy atom. The summed E-state index contributed by atoms with van der Waals surface area (Å²) >= 11 is 0. The van der Waals surface area contributed by atoms with E-state index in [1.165, 1.54) is 0 Å². The molecule has 0 saturated carbocycles. The number of aromatic nitrogens is 2. The van der Waals surface area contributed by atoms with Gasteiger partial charge in [-0.1, -0.05) is 30.3 Å². The predicted molar refractivity (Wildman–Crippen MR) is 128 cm³/mol. The van der Waals surface area contributed by atoms with Crippen molar-refractivity contribution in [3.63, 3.8) is 0 Å². The van der Waals surface area contributed by atoms with Gasteiger partial charge in [0, 0.05) is 26.3 Å². The van der Waals surface area contributed by atoms with Crippen LogP contribution in [0.1, 0.15) is 0 Å². The van der Waals surface area contributed by atoms with Crippen LogP contribution in [0.15, 0.2) is 115 Å². The molecule has 2 aromatic heterocycles. The van der Waals surface area contributed by atoms with Crippen molar-refractivity contribution in [1.29, 1.82) is 0 Å². The number of nitrogens with zero attached hydrogens (tertiary/aromatic N) is 2. The Morgan fingerprint density at radius 3 is 1.31 bits per heavy atom. The summed E-state index contributed by atoms with van der Waals surface area (Å²) in [7, 11) is 0. The standard InChI is InChI=1S/C17H11N.C11H8N.CH3.Ir/c1-3-8-14(9-4-1)16-12-7-13-17(18-16)15-10-5-2-6-11-15;1-2-6-10(7-3-1)11-8-4-5-9-12-11;;/h1-8,10,12-13H;1-6,8-9H;1H3;/q-2;2*-1;. The SMILES string of the molecule is [CH3-].[Ir].[c-]1ccccc1-c1cccc(-c2[c-]cccc2)n1.[c-]1ccccc1-c1ccccn1. The fourth-order valence-electron chi connectivity index (χ4n) is 2.91. The van der Waals surface area contributed by atoms with E-state index < -0.39 is 0 Å². The Labute approximate surface area is 204 Å². The third-order valence-electron chi connectivity index (χ3n) is 4.37. The van der Waals surface area contributed by atoms with Crippen LogP contribution in [0.5, 0.6) is 0 Å². The topological polar surface area (TPSA) is 25.8 Å². The van der Waals surface area contributed by atoms with E-state index in [0.29, 0.717) is 0 Å². The van der Waals surface area contributed by atoms with Crippen molar-refractivity contribution in [3.05, 3.63) is 141 Å². The zero-order valence-corrected chi connectivity index (χ0v) is 20.1. The van der Waals surface area contributed by atoms with Crippen LogP contribution in [0.3, 0.4) is 0 Å². The van der Waals surface area contributed by atoms with E-state index in [-0.39, 0.29) is 27.5 Å². The Balaban J connectivity index is 0.000000229. The molecule has 0 amide bonds. The summed E-state index contributed by atoms with van der Waals surface area (Å²) in [5.41, 5.74) is 5.90. The molecule has 0 bridgehead atoms. The van der Waals surface area contributed by atoms with Crippen molar-refractivity contribution in [3.8, 4) is 33.8 Å². The first-order chi connectivity index (χ1) is 14.9. The first-order valence-electron chi connectivity index (χ1n) is 9.69. The molecule has 2 nitrogen and oxygen atoms in total. The molecular weight excluding hydrogens is 569 g/mol. The Hall–Kier alpha value is -3.39. The molecule has 0 aliphatic carbocycles. The van der Waals surface area contributed by atoms with Crippen molar-refractivity contribution in [2.45, 2.75) is 0 Å². The Morgan fingerprint density at radius 2 is 0.906 bits per heavy atom. The van der Waals surface area contributed by atoms with E-state index in [1.54, 1.807) is 6.20 Å². The monoisotopic (exact) mass is 591 g/mol. The van der Waals surface area contributed by atoms with Crippen molar-refractivity contribution < 1.29 is 20.1 Å². The average Bonchev–Trinajstić information content (AvgIpc) is 2.87. The van der Waals surface area contributed by atoms with Crippen molar-refractivity contribution >= 4 is 0 Å². The molecule has 0 aliphatic heterocycles. The molecule has 0 fully saturated rings. The van der Waals surface area contributed by atoms with Gasteiger partial charge in [-0.2, -0.15) is 0 Å². The minimum absolute atomic E-state index is 0. The van der Waals surface area contributed by atoms with Crippen LogP contribution >= 0.6 is 0 Å². The number of rotatable bonds is 3. The fourth-order valence-corrected chi connectivity index (χ4v) is 2.91. The van der Waals surface area contributed by atoms with Gasteiger partial charge < -0.3 is 17.4 Å². The summed E-state index contributed by atoms with van der Waals surface area (Å²) < 4.78 is 0. The van der Waals surface area contributed by atoms with Gasteiger partial charge in [0.15, 0.2) is 0 Å². The molecule has 161 valence electrons. The van der Waals surface area contributed by atoms with E-state index in [4.69, 9.17) is 0 Å². The maximum atomic E-state index is 4.65. The van der Waals surface area contributed by atoms with Crippen LogP contribution in [-0.4, -0.2) is 9.97 Å². The summed E-state index contributed by atoms with van der Waals surface area (Å²) in [6, 6.07) is 44.9. The minimum atomic E-state index is 0. The summed E-state index contributed by atoms with van der Waals surface area (Å²) in [4.78, 5) is 8.87. The molecule has 0 N–H and O–H groups in total. The zero-order valence-electron chi connectivity index (χ0n) is 17.7. The molecule has 0 aliphatic rings. The van der Waals surface area contributed by atoms with Gasteiger partial charge in [0.2, 0.25) is 0 Å². The van der Waals surface area contributed by atoms with Gasteiger partial charge in [-0.25, -0.2) is 0 Å². The Bertz CT molecular complexity index is 1070. The van der Waals surface area contributed by atoms with Gasteiger partial charge in [0.1, 0.15) is 0 Å². The van der Waals surface area contributed by atoms with Crippen molar-refractivity contribution in [1.82, 2.24) is 9.97 Å². The van der Waals surface area contributed by atoms with Crippen molar-refractivity contribution in [2.24, 2.45) is 0 Å². The van der Waals surface area contributed by atoms with Gasteiger partial charge in [-0.3, -0.25) is 0 Å². The molecule has 32 heavy (non-hydrogen) atoms. The first-order valence-corrected chi connectivity index (χ1v) is 9.69. The van der Waals surface area contributed by atoms with Gasteiger partial charge in [0.25, 0.3) is 0 Å². The van der Waals surface area contributed by atoms with Crippen LogP contribution in [0.2, 0.25) is 0 Å². The average molecular weight is 591 g/mol. The molecule has 0 saturated heterocycles. The van der Waals surface area contributed by atoms with Gasteiger partial charge in [-0.05, 0) is 23.1 Å². The second-order valence-electron chi connectivity index (χ2n) is 6.45. The molecule has 5 rings (SSSR count). The largest absolute Gasteiger partial charge is 0.358 e. The summed E-state index contributed by atoms with van der Waals surface area (Å²) in [6.45, 7) is 0. The first kappa shape index (κ1) is 24.9. The summed E-state index contributed by atoms with van der Waals surface area (Å²) in [5, 5.41) is 0. The number of benzene rings is 3. The maximum Gasteiger partial charge on any atom is 0.0160 e. The minimum Gasteiger partial charge on any atom is -0.358 e. The molecule has 1 radical (unpaired) electrons. The van der Waals surface area contributed by atoms with Crippen LogP contribution in [0.25, 0.3) is 33.8 Å². The van der Waals surface area contributed by atoms with Gasteiger partial charge in [-0.15, -0.1) is 108 Å². The molecule has 3 aromatic carbocycles. The molecule has 0 unspecified atom stereocenters. The van der Waals surface area contributed by atoms with E-state index >= 15 is 0 Å². The van der Waals surface area contributed by atoms with Gasteiger partial charge >= 0.3 is 0 Å². The summed E-state index contributed by atoms with van der Waals surface area (Å²) in [5.74, 6) is 0. The van der Waals surface area contributed by atoms with E-state index in [2.05, 4.69) is 28.2 Å². The van der Waals surface area contributed by atoms with Crippen LogP contribution < -0.4 is 0 Å². The number of pyridine rings is 2. The molecule has 0 spiro atoms. The smallest absolute Gasteiger partial charge is 0.0160 e. The Kier molecular flexibility index (Phi) is 10.2. The molecular formula is C29H22IrN2-4. The second-order valence-corrected chi connectivity index (χ2v) is 6.45. The normalized spacial score (nSPS) is 9.38.